The van der Waals surface area contributed by atoms with Gasteiger partial charge in [0.15, 0.2) is 0 Å². The highest BCUT2D eigenvalue weighted by molar-refractivity contribution is 5.93. The van der Waals surface area contributed by atoms with Crippen molar-refractivity contribution in [3.63, 3.8) is 0 Å². The van der Waals surface area contributed by atoms with E-state index in [0.29, 0.717) is 17.3 Å². The number of hydrogen-bond acceptors (Lipinski definition) is 3. The Bertz CT molecular complexity index is 363. The molecule has 4 heteroatoms. The lowest BCUT2D eigenvalue weighted by atomic mass is 10.0. The van der Waals surface area contributed by atoms with Crippen LogP contribution in [0.1, 0.15) is 37.7 Å². The van der Waals surface area contributed by atoms with E-state index >= 15 is 0 Å². The molecule has 1 atom stereocenters. The first-order valence-electron chi connectivity index (χ1n) is 5.57. The van der Waals surface area contributed by atoms with E-state index < -0.39 is 0 Å². The van der Waals surface area contributed by atoms with Gasteiger partial charge < -0.3 is 11.1 Å². The van der Waals surface area contributed by atoms with Gasteiger partial charge in [0.05, 0.1) is 0 Å². The van der Waals surface area contributed by atoms with E-state index in [1.54, 1.807) is 18.3 Å². The Kier molecular flexibility index (Phi) is 4.28. The number of carbonyl (C=O) groups excluding carboxylic acids is 1. The SMILES string of the molecule is CCC(NC(=O)c1cc(N)ccn1)C(C)C. The zero-order valence-electron chi connectivity index (χ0n) is 10.0. The van der Waals surface area contributed by atoms with E-state index in [0.717, 1.165) is 6.42 Å². The summed E-state index contributed by atoms with van der Waals surface area (Å²) < 4.78 is 0. The van der Waals surface area contributed by atoms with Crippen molar-refractivity contribution < 1.29 is 4.79 Å². The average Bonchev–Trinajstić information content (AvgIpc) is 2.25. The van der Waals surface area contributed by atoms with Gasteiger partial charge in [0, 0.05) is 17.9 Å². The van der Waals surface area contributed by atoms with Gasteiger partial charge in [0.25, 0.3) is 5.91 Å². The minimum absolute atomic E-state index is 0.159. The highest BCUT2D eigenvalue weighted by Gasteiger charge is 2.15. The minimum Gasteiger partial charge on any atom is -0.399 e. The van der Waals surface area contributed by atoms with Gasteiger partial charge in [-0.15, -0.1) is 0 Å². The van der Waals surface area contributed by atoms with Crippen LogP contribution in [0.3, 0.4) is 0 Å². The van der Waals surface area contributed by atoms with Crippen molar-refractivity contribution in [3.8, 4) is 0 Å². The molecule has 0 saturated heterocycles. The second-order valence-corrected chi connectivity index (χ2v) is 4.21. The van der Waals surface area contributed by atoms with Crippen LogP contribution < -0.4 is 11.1 Å². The summed E-state index contributed by atoms with van der Waals surface area (Å²) in [5.41, 5.74) is 6.53. The molecule has 0 aliphatic rings. The maximum Gasteiger partial charge on any atom is 0.270 e. The van der Waals surface area contributed by atoms with Crippen LogP contribution in [0.4, 0.5) is 5.69 Å². The smallest absolute Gasteiger partial charge is 0.270 e. The number of rotatable bonds is 4. The molecule has 16 heavy (non-hydrogen) atoms. The van der Waals surface area contributed by atoms with Crippen LogP contribution in [-0.4, -0.2) is 16.9 Å². The average molecular weight is 221 g/mol. The Hall–Kier alpha value is -1.58. The maximum atomic E-state index is 11.8. The van der Waals surface area contributed by atoms with Crippen molar-refractivity contribution >= 4 is 11.6 Å². The van der Waals surface area contributed by atoms with Crippen LogP contribution in [0, 0.1) is 5.92 Å². The molecule has 1 aromatic heterocycles. The fraction of sp³-hybridized carbons (Fsp3) is 0.500. The number of aromatic nitrogens is 1. The summed E-state index contributed by atoms with van der Waals surface area (Å²) >= 11 is 0. The maximum absolute atomic E-state index is 11.8. The third-order valence-corrected chi connectivity index (χ3v) is 2.58. The van der Waals surface area contributed by atoms with Crippen molar-refractivity contribution in [1.82, 2.24) is 10.3 Å². The van der Waals surface area contributed by atoms with E-state index in [1.807, 2.05) is 0 Å². The third kappa shape index (κ3) is 3.22. The monoisotopic (exact) mass is 221 g/mol. The minimum atomic E-state index is -0.159. The fourth-order valence-corrected chi connectivity index (χ4v) is 1.55. The molecule has 0 aliphatic heterocycles. The summed E-state index contributed by atoms with van der Waals surface area (Å²) in [5, 5.41) is 2.95. The molecule has 1 unspecified atom stereocenters. The lowest BCUT2D eigenvalue weighted by Gasteiger charge is -2.20. The zero-order chi connectivity index (χ0) is 12.1. The van der Waals surface area contributed by atoms with Gasteiger partial charge in [-0.1, -0.05) is 20.8 Å². The molecule has 4 nitrogen and oxygen atoms in total. The Morgan fingerprint density at radius 2 is 2.25 bits per heavy atom. The summed E-state index contributed by atoms with van der Waals surface area (Å²) in [6.07, 6.45) is 2.45. The predicted octanol–water partition coefficient (Wildman–Crippen LogP) is 1.83. The molecule has 1 aromatic rings. The summed E-state index contributed by atoms with van der Waals surface area (Å²) in [6, 6.07) is 3.43. The molecule has 1 amide bonds. The molecule has 0 radical (unpaired) electrons. The van der Waals surface area contributed by atoms with Crippen LogP contribution in [0.25, 0.3) is 0 Å². The van der Waals surface area contributed by atoms with Gasteiger partial charge in [0.1, 0.15) is 5.69 Å². The number of hydrogen-bond donors (Lipinski definition) is 2. The number of nitrogen functional groups attached to an aromatic ring is 1. The van der Waals surface area contributed by atoms with Crippen LogP contribution >= 0.6 is 0 Å². The molecule has 0 fully saturated rings. The first-order valence-corrected chi connectivity index (χ1v) is 5.57. The molecule has 3 N–H and O–H groups in total. The van der Waals surface area contributed by atoms with Gasteiger partial charge in [-0.3, -0.25) is 9.78 Å². The number of nitrogens with one attached hydrogen (secondary N) is 1. The second-order valence-electron chi connectivity index (χ2n) is 4.21. The molecule has 0 saturated carbocycles. The van der Waals surface area contributed by atoms with Crippen molar-refractivity contribution in [2.75, 3.05) is 5.73 Å². The molecular formula is C12H19N3O. The summed E-state index contributed by atoms with van der Waals surface area (Å²) in [6.45, 7) is 6.22. The van der Waals surface area contributed by atoms with E-state index in [9.17, 15) is 4.79 Å². The van der Waals surface area contributed by atoms with Crippen molar-refractivity contribution in [2.45, 2.75) is 33.2 Å². The van der Waals surface area contributed by atoms with Crippen molar-refractivity contribution in [1.29, 1.82) is 0 Å². The Morgan fingerprint density at radius 1 is 1.56 bits per heavy atom. The quantitative estimate of drug-likeness (QED) is 0.815. The first kappa shape index (κ1) is 12.5. The van der Waals surface area contributed by atoms with Crippen molar-refractivity contribution in [2.24, 2.45) is 5.92 Å². The number of amides is 1. The standard InChI is InChI=1S/C12H19N3O/c1-4-10(8(2)3)15-12(16)11-7-9(13)5-6-14-11/h5-8,10H,4H2,1-3H3,(H2,13,14)(H,15,16). The number of anilines is 1. The molecular weight excluding hydrogens is 202 g/mol. The molecule has 0 bridgehead atoms. The second kappa shape index (κ2) is 5.49. The highest BCUT2D eigenvalue weighted by atomic mass is 16.1. The van der Waals surface area contributed by atoms with E-state index in [1.165, 1.54) is 0 Å². The molecule has 1 rings (SSSR count). The Balaban J connectivity index is 2.72. The first-order chi connectivity index (χ1) is 7.54. The predicted molar refractivity (Wildman–Crippen MR) is 65.0 cm³/mol. The van der Waals surface area contributed by atoms with E-state index in [4.69, 9.17) is 5.73 Å². The number of carbonyl (C=O) groups is 1. The Labute approximate surface area is 96.3 Å². The number of nitrogens with two attached hydrogens (primary N) is 1. The molecule has 0 aliphatic carbocycles. The lowest BCUT2D eigenvalue weighted by molar-refractivity contribution is 0.0919. The molecule has 0 spiro atoms. The van der Waals surface area contributed by atoms with Gasteiger partial charge in [-0.25, -0.2) is 0 Å². The van der Waals surface area contributed by atoms with Gasteiger partial charge in [0.2, 0.25) is 0 Å². The van der Waals surface area contributed by atoms with Gasteiger partial charge in [-0.05, 0) is 24.5 Å². The van der Waals surface area contributed by atoms with Gasteiger partial charge >= 0.3 is 0 Å². The van der Waals surface area contributed by atoms with E-state index in [2.05, 4.69) is 31.1 Å². The highest BCUT2D eigenvalue weighted by Crippen LogP contribution is 2.08. The number of nitrogens with zero attached hydrogens (tertiary/aromatic N) is 1. The summed E-state index contributed by atoms with van der Waals surface area (Å²) in [4.78, 5) is 15.8. The van der Waals surface area contributed by atoms with E-state index in [-0.39, 0.29) is 11.9 Å². The van der Waals surface area contributed by atoms with Crippen LogP contribution in [-0.2, 0) is 0 Å². The fourth-order valence-electron chi connectivity index (χ4n) is 1.55. The zero-order valence-corrected chi connectivity index (χ0v) is 10.0. The Morgan fingerprint density at radius 3 is 2.75 bits per heavy atom. The van der Waals surface area contributed by atoms with Gasteiger partial charge in [-0.2, -0.15) is 0 Å². The van der Waals surface area contributed by atoms with Crippen LogP contribution in [0.2, 0.25) is 0 Å². The lowest BCUT2D eigenvalue weighted by Crippen LogP contribution is -2.38. The molecule has 1 heterocycles. The summed E-state index contributed by atoms with van der Waals surface area (Å²) in [7, 11) is 0. The number of pyridine rings is 1. The van der Waals surface area contributed by atoms with Crippen LogP contribution in [0.15, 0.2) is 18.3 Å². The molecule has 0 aromatic carbocycles. The van der Waals surface area contributed by atoms with Crippen molar-refractivity contribution in [3.05, 3.63) is 24.0 Å². The molecule has 88 valence electrons. The topological polar surface area (TPSA) is 68.0 Å². The summed E-state index contributed by atoms with van der Waals surface area (Å²) in [5.74, 6) is 0.253. The van der Waals surface area contributed by atoms with Crippen LogP contribution in [0.5, 0.6) is 0 Å². The normalized spacial score (nSPS) is 12.5. The largest absolute Gasteiger partial charge is 0.399 e. The third-order valence-electron chi connectivity index (χ3n) is 2.58.